The van der Waals surface area contributed by atoms with Crippen LogP contribution in [0.3, 0.4) is 0 Å². The number of esters is 1. The van der Waals surface area contributed by atoms with E-state index in [9.17, 15) is 19.2 Å². The Kier molecular flexibility index (Phi) is 6.23. The maximum absolute atomic E-state index is 13.3. The Morgan fingerprint density at radius 3 is 2.43 bits per heavy atom. The number of nitrogens with zero attached hydrogens (tertiary/aromatic N) is 2. The van der Waals surface area contributed by atoms with E-state index in [-0.39, 0.29) is 31.5 Å². The molecule has 0 spiro atoms. The van der Waals surface area contributed by atoms with Gasteiger partial charge in [-0.3, -0.25) is 29.4 Å². The molecule has 1 aromatic rings. The highest BCUT2D eigenvalue weighted by Gasteiger charge is 2.66. The fourth-order valence-corrected chi connectivity index (χ4v) is 4.44. The Labute approximate surface area is 175 Å². The minimum atomic E-state index is -1.37. The molecule has 2 aliphatic heterocycles. The van der Waals surface area contributed by atoms with Gasteiger partial charge in [0.1, 0.15) is 12.1 Å². The van der Waals surface area contributed by atoms with E-state index in [1.165, 1.54) is 24.0 Å². The van der Waals surface area contributed by atoms with Crippen molar-refractivity contribution in [3.63, 3.8) is 0 Å². The lowest BCUT2D eigenvalue weighted by Crippen LogP contribution is -2.56. The number of carbonyl (C=O) groups is 4. The molecule has 3 amide bonds. The van der Waals surface area contributed by atoms with Crippen LogP contribution >= 0.6 is 0 Å². The maximum Gasteiger partial charge on any atom is 0.326 e. The number of rotatable bonds is 7. The van der Waals surface area contributed by atoms with Crippen molar-refractivity contribution in [1.29, 1.82) is 0 Å². The standard InChI is InChI=1S/C21H27N3O6/c1-21(20(28)30-4)17-16(14(22-21)11-23(2)15(25)12-29-3)18(26)24(19(17)27)10-13-8-6-5-7-9-13/h5-9,14,16-17,22H,10-12H2,1-4H3/t14-,16+,17-,21-/m1/s1. The van der Waals surface area contributed by atoms with E-state index < -0.39 is 35.3 Å². The predicted molar refractivity (Wildman–Crippen MR) is 106 cm³/mol. The normalized spacial score (nSPS) is 27.9. The van der Waals surface area contributed by atoms with E-state index in [0.717, 1.165) is 5.56 Å². The molecule has 3 rings (SSSR count). The van der Waals surface area contributed by atoms with Crippen molar-refractivity contribution in [2.24, 2.45) is 11.8 Å². The van der Waals surface area contributed by atoms with E-state index in [2.05, 4.69) is 5.32 Å². The molecule has 2 fully saturated rings. The number of nitrogens with one attached hydrogen (secondary N) is 1. The number of hydrogen-bond donors (Lipinski definition) is 1. The summed E-state index contributed by atoms with van der Waals surface area (Å²) in [5, 5.41) is 3.12. The van der Waals surface area contributed by atoms with Gasteiger partial charge in [-0.05, 0) is 12.5 Å². The van der Waals surface area contributed by atoms with Crippen molar-refractivity contribution in [2.45, 2.75) is 25.0 Å². The summed E-state index contributed by atoms with van der Waals surface area (Å²) in [6.07, 6.45) is 0. The molecule has 2 aliphatic rings. The van der Waals surface area contributed by atoms with Crippen LogP contribution in [0.5, 0.6) is 0 Å². The minimum absolute atomic E-state index is 0.0986. The molecule has 9 heteroatoms. The molecule has 0 radical (unpaired) electrons. The largest absolute Gasteiger partial charge is 0.468 e. The summed E-state index contributed by atoms with van der Waals surface area (Å²) < 4.78 is 9.82. The molecule has 1 aromatic carbocycles. The zero-order valence-corrected chi connectivity index (χ0v) is 17.6. The molecular weight excluding hydrogens is 390 g/mol. The monoisotopic (exact) mass is 417 g/mol. The SMILES string of the molecule is COCC(=O)N(C)C[C@H]1N[C@@](C)(C(=O)OC)[C@H]2C(=O)N(Cc3ccccc3)C(=O)[C@@H]12. The molecule has 0 saturated carbocycles. The number of amides is 3. The number of hydrogen-bond acceptors (Lipinski definition) is 7. The highest BCUT2D eigenvalue weighted by Crippen LogP contribution is 2.44. The molecule has 30 heavy (non-hydrogen) atoms. The quantitative estimate of drug-likeness (QED) is 0.484. The Balaban J connectivity index is 1.91. The third-order valence-electron chi connectivity index (χ3n) is 5.94. The van der Waals surface area contributed by atoms with Crippen molar-refractivity contribution >= 4 is 23.7 Å². The first kappa shape index (κ1) is 21.9. The summed E-state index contributed by atoms with van der Waals surface area (Å²) in [7, 11) is 4.26. The number of benzene rings is 1. The summed E-state index contributed by atoms with van der Waals surface area (Å²) in [6, 6.07) is 8.61. The van der Waals surface area contributed by atoms with Crippen LogP contribution in [0.25, 0.3) is 0 Å². The molecule has 0 aliphatic carbocycles. The number of ether oxygens (including phenoxy) is 2. The van der Waals surface area contributed by atoms with E-state index in [1.807, 2.05) is 30.3 Å². The Hall–Kier alpha value is -2.78. The second kappa shape index (κ2) is 8.53. The Bertz CT molecular complexity index is 844. The second-order valence-electron chi connectivity index (χ2n) is 7.90. The van der Waals surface area contributed by atoms with Crippen LogP contribution in [0, 0.1) is 11.8 Å². The van der Waals surface area contributed by atoms with Crippen LogP contribution in [-0.2, 0) is 35.2 Å². The van der Waals surface area contributed by atoms with Gasteiger partial charge in [0.15, 0.2) is 0 Å². The van der Waals surface area contributed by atoms with Gasteiger partial charge in [0.25, 0.3) is 0 Å². The van der Waals surface area contributed by atoms with Gasteiger partial charge in [-0.25, -0.2) is 0 Å². The summed E-state index contributed by atoms with van der Waals surface area (Å²) in [4.78, 5) is 53.9. The summed E-state index contributed by atoms with van der Waals surface area (Å²) >= 11 is 0. The number of likely N-dealkylation sites (N-methyl/N-ethyl adjacent to an activating group) is 1. The summed E-state index contributed by atoms with van der Waals surface area (Å²) in [5.41, 5.74) is -0.552. The molecule has 9 nitrogen and oxygen atoms in total. The van der Waals surface area contributed by atoms with Gasteiger partial charge >= 0.3 is 5.97 Å². The summed E-state index contributed by atoms with van der Waals surface area (Å²) in [5.74, 6) is -3.33. The van der Waals surface area contributed by atoms with Gasteiger partial charge in [0, 0.05) is 26.7 Å². The molecule has 0 unspecified atom stereocenters. The van der Waals surface area contributed by atoms with Crippen molar-refractivity contribution in [3.8, 4) is 0 Å². The van der Waals surface area contributed by atoms with Crippen LogP contribution in [0.2, 0.25) is 0 Å². The van der Waals surface area contributed by atoms with Crippen LogP contribution in [0.4, 0.5) is 0 Å². The lowest BCUT2D eigenvalue weighted by Gasteiger charge is -2.29. The molecule has 2 saturated heterocycles. The van der Waals surface area contributed by atoms with Crippen molar-refractivity contribution in [3.05, 3.63) is 35.9 Å². The molecule has 2 heterocycles. The van der Waals surface area contributed by atoms with Crippen LogP contribution in [-0.4, -0.2) is 79.5 Å². The number of carbonyl (C=O) groups excluding carboxylic acids is 4. The average molecular weight is 417 g/mol. The summed E-state index contributed by atoms with van der Waals surface area (Å²) in [6.45, 7) is 1.76. The second-order valence-corrected chi connectivity index (χ2v) is 7.90. The topological polar surface area (TPSA) is 105 Å². The van der Waals surface area contributed by atoms with Gasteiger partial charge in [0.05, 0.1) is 25.5 Å². The molecule has 0 bridgehead atoms. The molecule has 1 N–H and O–H groups in total. The molecular formula is C21H27N3O6. The highest BCUT2D eigenvalue weighted by atomic mass is 16.5. The van der Waals surface area contributed by atoms with Crippen molar-refractivity contribution in [2.75, 3.05) is 34.4 Å². The zero-order valence-electron chi connectivity index (χ0n) is 17.6. The van der Waals surface area contributed by atoms with Crippen LogP contribution in [0.15, 0.2) is 30.3 Å². The lowest BCUT2D eigenvalue weighted by molar-refractivity contribution is -0.153. The van der Waals surface area contributed by atoms with Crippen molar-refractivity contribution in [1.82, 2.24) is 15.1 Å². The van der Waals surface area contributed by atoms with Gasteiger partial charge in [-0.2, -0.15) is 0 Å². The number of fused-ring (bicyclic) bond motifs is 1. The predicted octanol–water partition coefficient (Wildman–Crippen LogP) is -0.204. The zero-order chi connectivity index (χ0) is 22.1. The van der Waals surface area contributed by atoms with Crippen LogP contribution in [0.1, 0.15) is 12.5 Å². The van der Waals surface area contributed by atoms with Gasteiger partial charge in [-0.15, -0.1) is 0 Å². The van der Waals surface area contributed by atoms with E-state index in [1.54, 1.807) is 14.0 Å². The molecule has 4 atom stereocenters. The number of likely N-dealkylation sites (tertiary alicyclic amines) is 1. The minimum Gasteiger partial charge on any atom is -0.468 e. The van der Waals surface area contributed by atoms with E-state index >= 15 is 0 Å². The molecule has 0 aromatic heterocycles. The lowest BCUT2D eigenvalue weighted by atomic mass is 9.81. The fraction of sp³-hybridized carbons (Fsp3) is 0.524. The number of methoxy groups -OCH3 is 2. The third-order valence-corrected chi connectivity index (χ3v) is 5.94. The molecule has 162 valence electrons. The first-order chi connectivity index (χ1) is 14.2. The van der Waals surface area contributed by atoms with Gasteiger partial charge < -0.3 is 14.4 Å². The van der Waals surface area contributed by atoms with Gasteiger partial charge in [-0.1, -0.05) is 30.3 Å². The first-order valence-corrected chi connectivity index (χ1v) is 9.72. The van der Waals surface area contributed by atoms with Crippen molar-refractivity contribution < 1.29 is 28.7 Å². The number of imide groups is 1. The Morgan fingerprint density at radius 1 is 1.17 bits per heavy atom. The van der Waals surface area contributed by atoms with E-state index in [0.29, 0.717) is 0 Å². The fourth-order valence-electron chi connectivity index (χ4n) is 4.44. The smallest absolute Gasteiger partial charge is 0.326 e. The Morgan fingerprint density at radius 2 is 1.83 bits per heavy atom. The third kappa shape index (κ3) is 3.70. The highest BCUT2D eigenvalue weighted by molar-refractivity contribution is 6.09. The van der Waals surface area contributed by atoms with Crippen LogP contribution < -0.4 is 5.32 Å². The average Bonchev–Trinajstić information content (AvgIpc) is 3.17. The maximum atomic E-state index is 13.3. The van der Waals surface area contributed by atoms with E-state index in [4.69, 9.17) is 9.47 Å². The van der Waals surface area contributed by atoms with Gasteiger partial charge in [0.2, 0.25) is 17.7 Å². The first-order valence-electron chi connectivity index (χ1n) is 9.72.